The van der Waals surface area contributed by atoms with Gasteiger partial charge < -0.3 is 10.1 Å². The molecule has 0 saturated carbocycles. The molecule has 1 N–H and O–H groups in total. The SMILES string of the molecule is Clc1ccc(Br)c(NCC2OCCc3ccccc32)c1. The fourth-order valence-electron chi connectivity index (χ4n) is 2.48. The van der Waals surface area contributed by atoms with E-state index in [1.807, 2.05) is 18.2 Å². The van der Waals surface area contributed by atoms with Crippen molar-refractivity contribution in [1.82, 2.24) is 0 Å². The van der Waals surface area contributed by atoms with E-state index in [1.54, 1.807) is 0 Å². The lowest BCUT2D eigenvalue weighted by molar-refractivity contribution is 0.0513. The molecule has 0 radical (unpaired) electrons. The summed E-state index contributed by atoms with van der Waals surface area (Å²) in [6.07, 6.45) is 1.08. The largest absolute Gasteiger partial charge is 0.381 e. The van der Waals surface area contributed by atoms with Crippen LogP contribution < -0.4 is 5.32 Å². The van der Waals surface area contributed by atoms with Gasteiger partial charge in [0.15, 0.2) is 0 Å². The number of benzene rings is 2. The van der Waals surface area contributed by atoms with Crippen molar-refractivity contribution in [3.63, 3.8) is 0 Å². The summed E-state index contributed by atoms with van der Waals surface area (Å²) in [5.74, 6) is 0. The highest BCUT2D eigenvalue weighted by atomic mass is 79.9. The summed E-state index contributed by atoms with van der Waals surface area (Å²) in [5, 5.41) is 4.13. The molecular weight excluding hydrogens is 338 g/mol. The summed E-state index contributed by atoms with van der Waals surface area (Å²) in [5.41, 5.74) is 3.66. The Balaban J connectivity index is 1.75. The number of hydrogen-bond donors (Lipinski definition) is 1. The van der Waals surface area contributed by atoms with Gasteiger partial charge in [-0.05, 0) is 51.7 Å². The molecule has 0 saturated heterocycles. The topological polar surface area (TPSA) is 21.3 Å². The Labute approximate surface area is 132 Å². The molecule has 0 amide bonds. The van der Waals surface area contributed by atoms with Crippen molar-refractivity contribution in [2.75, 3.05) is 18.5 Å². The Hall–Kier alpha value is -1.03. The fraction of sp³-hybridized carbons (Fsp3) is 0.250. The van der Waals surface area contributed by atoms with Crippen molar-refractivity contribution >= 4 is 33.2 Å². The van der Waals surface area contributed by atoms with Crippen molar-refractivity contribution in [3.8, 4) is 0 Å². The highest BCUT2D eigenvalue weighted by molar-refractivity contribution is 9.10. The molecule has 0 bridgehead atoms. The van der Waals surface area contributed by atoms with Crippen molar-refractivity contribution in [2.45, 2.75) is 12.5 Å². The quantitative estimate of drug-likeness (QED) is 0.854. The minimum Gasteiger partial charge on any atom is -0.381 e. The Morgan fingerprint density at radius 3 is 3.00 bits per heavy atom. The van der Waals surface area contributed by atoms with Crippen LogP contribution in [-0.4, -0.2) is 13.2 Å². The Morgan fingerprint density at radius 1 is 1.25 bits per heavy atom. The van der Waals surface area contributed by atoms with Crippen LogP contribution in [0.4, 0.5) is 5.69 Å². The summed E-state index contributed by atoms with van der Waals surface area (Å²) in [7, 11) is 0. The Kier molecular flexibility index (Phi) is 4.29. The first kappa shape index (κ1) is 13.9. The van der Waals surface area contributed by atoms with E-state index in [1.165, 1.54) is 11.1 Å². The van der Waals surface area contributed by atoms with E-state index >= 15 is 0 Å². The van der Waals surface area contributed by atoms with Crippen LogP contribution >= 0.6 is 27.5 Å². The van der Waals surface area contributed by atoms with Crippen molar-refractivity contribution in [3.05, 3.63) is 63.1 Å². The Morgan fingerprint density at radius 2 is 2.10 bits per heavy atom. The van der Waals surface area contributed by atoms with E-state index in [2.05, 4.69) is 45.5 Å². The molecule has 104 valence electrons. The lowest BCUT2D eigenvalue weighted by Gasteiger charge is -2.26. The number of ether oxygens (including phenoxy) is 1. The summed E-state index contributed by atoms with van der Waals surface area (Å²) in [4.78, 5) is 0. The lowest BCUT2D eigenvalue weighted by atomic mass is 9.97. The molecule has 3 rings (SSSR count). The summed E-state index contributed by atoms with van der Waals surface area (Å²) in [6.45, 7) is 1.51. The lowest BCUT2D eigenvalue weighted by Crippen LogP contribution is -2.22. The first-order valence-corrected chi connectivity index (χ1v) is 7.79. The van der Waals surface area contributed by atoms with Gasteiger partial charge in [-0.1, -0.05) is 35.9 Å². The zero-order chi connectivity index (χ0) is 13.9. The van der Waals surface area contributed by atoms with Gasteiger partial charge in [0.1, 0.15) is 0 Å². The molecule has 1 aliphatic heterocycles. The van der Waals surface area contributed by atoms with Crippen LogP contribution in [0.5, 0.6) is 0 Å². The third-order valence-corrected chi connectivity index (χ3v) is 4.43. The van der Waals surface area contributed by atoms with Gasteiger partial charge in [0.05, 0.1) is 18.4 Å². The molecule has 2 nitrogen and oxygen atoms in total. The van der Waals surface area contributed by atoms with Gasteiger partial charge in [0.2, 0.25) is 0 Å². The summed E-state index contributed by atoms with van der Waals surface area (Å²) >= 11 is 9.55. The first-order chi connectivity index (χ1) is 9.74. The number of anilines is 1. The molecule has 1 heterocycles. The second kappa shape index (κ2) is 6.17. The van der Waals surface area contributed by atoms with Crippen LogP contribution in [0.1, 0.15) is 17.2 Å². The highest BCUT2D eigenvalue weighted by Gasteiger charge is 2.20. The third kappa shape index (κ3) is 3.00. The van der Waals surface area contributed by atoms with Crippen LogP contribution in [0.15, 0.2) is 46.9 Å². The third-order valence-electron chi connectivity index (χ3n) is 3.50. The number of hydrogen-bond acceptors (Lipinski definition) is 2. The van der Waals surface area contributed by atoms with Gasteiger partial charge >= 0.3 is 0 Å². The summed E-state index contributed by atoms with van der Waals surface area (Å²) < 4.78 is 6.89. The molecule has 0 aliphatic carbocycles. The van der Waals surface area contributed by atoms with Crippen LogP contribution in [0.2, 0.25) is 5.02 Å². The minimum atomic E-state index is 0.0887. The van der Waals surface area contributed by atoms with E-state index in [9.17, 15) is 0 Å². The highest BCUT2D eigenvalue weighted by Crippen LogP contribution is 2.30. The monoisotopic (exact) mass is 351 g/mol. The number of fused-ring (bicyclic) bond motifs is 1. The Bertz CT molecular complexity index is 617. The zero-order valence-electron chi connectivity index (χ0n) is 10.9. The molecule has 2 aromatic carbocycles. The zero-order valence-corrected chi connectivity index (χ0v) is 13.2. The van der Waals surface area contributed by atoms with Crippen molar-refractivity contribution in [2.24, 2.45) is 0 Å². The molecule has 0 spiro atoms. The van der Waals surface area contributed by atoms with Crippen molar-refractivity contribution in [1.29, 1.82) is 0 Å². The second-order valence-corrected chi connectivity index (χ2v) is 6.10. The van der Waals surface area contributed by atoms with Gasteiger partial charge in [-0.25, -0.2) is 0 Å². The molecule has 0 aromatic heterocycles. The number of rotatable bonds is 3. The van der Waals surface area contributed by atoms with Crippen LogP contribution in [-0.2, 0) is 11.2 Å². The average molecular weight is 353 g/mol. The van der Waals surface area contributed by atoms with E-state index in [4.69, 9.17) is 16.3 Å². The smallest absolute Gasteiger partial charge is 0.0999 e. The predicted molar refractivity (Wildman–Crippen MR) is 86.5 cm³/mol. The van der Waals surface area contributed by atoms with Crippen molar-refractivity contribution < 1.29 is 4.74 Å². The number of halogens is 2. The van der Waals surface area contributed by atoms with Crippen LogP contribution in [0.25, 0.3) is 0 Å². The summed E-state index contributed by atoms with van der Waals surface area (Å²) in [6, 6.07) is 14.2. The maximum atomic E-state index is 6.03. The van der Waals surface area contributed by atoms with Crippen LogP contribution in [0.3, 0.4) is 0 Å². The minimum absolute atomic E-state index is 0.0887. The molecule has 2 aromatic rings. The van der Waals surface area contributed by atoms with Gasteiger partial charge in [0.25, 0.3) is 0 Å². The molecular formula is C16H15BrClNO. The standard InChI is InChI=1S/C16H15BrClNO/c17-14-6-5-12(18)9-15(14)19-10-16-13-4-2-1-3-11(13)7-8-20-16/h1-6,9,16,19H,7-8,10H2. The molecule has 0 fully saturated rings. The fourth-order valence-corrected chi connectivity index (χ4v) is 3.04. The van der Waals surface area contributed by atoms with E-state index in [0.717, 1.165) is 34.8 Å². The van der Waals surface area contributed by atoms with Gasteiger partial charge in [-0.3, -0.25) is 0 Å². The normalized spacial score (nSPS) is 17.6. The molecule has 4 heteroatoms. The first-order valence-electron chi connectivity index (χ1n) is 6.62. The second-order valence-electron chi connectivity index (χ2n) is 4.81. The maximum absolute atomic E-state index is 6.03. The van der Waals surface area contributed by atoms with E-state index in [-0.39, 0.29) is 6.10 Å². The average Bonchev–Trinajstić information content (AvgIpc) is 2.48. The molecule has 1 atom stereocenters. The molecule has 1 unspecified atom stereocenters. The van der Waals surface area contributed by atoms with E-state index < -0.39 is 0 Å². The molecule has 1 aliphatic rings. The predicted octanol–water partition coefficient (Wildman–Crippen LogP) is 4.83. The van der Waals surface area contributed by atoms with Crippen LogP contribution in [0, 0.1) is 0 Å². The molecule has 20 heavy (non-hydrogen) atoms. The van der Waals surface area contributed by atoms with E-state index in [0.29, 0.717) is 0 Å². The number of nitrogens with one attached hydrogen (secondary N) is 1. The van der Waals surface area contributed by atoms with Gasteiger partial charge in [0, 0.05) is 16.0 Å². The maximum Gasteiger partial charge on any atom is 0.0999 e. The van der Waals surface area contributed by atoms with Gasteiger partial charge in [-0.15, -0.1) is 0 Å². The van der Waals surface area contributed by atoms with Gasteiger partial charge in [-0.2, -0.15) is 0 Å².